The lowest BCUT2D eigenvalue weighted by Gasteiger charge is -2.14. The minimum atomic E-state index is 0.152. The zero-order chi connectivity index (χ0) is 21.1. The van der Waals surface area contributed by atoms with Crippen molar-refractivity contribution >= 4 is 27.6 Å². The molecule has 0 fully saturated rings. The average molecular weight is 401 g/mol. The minimum absolute atomic E-state index is 0.152. The van der Waals surface area contributed by atoms with Crippen molar-refractivity contribution in [2.45, 2.75) is 32.7 Å². The predicted molar refractivity (Wildman–Crippen MR) is 124 cm³/mol. The van der Waals surface area contributed by atoms with E-state index in [-0.39, 0.29) is 12.6 Å². The molecule has 1 atom stereocenters. The molecule has 0 aliphatic heterocycles. The Bertz CT molecular complexity index is 1170. The van der Waals surface area contributed by atoms with Gasteiger partial charge in [-0.3, -0.25) is 4.98 Å². The van der Waals surface area contributed by atoms with Gasteiger partial charge in [0.05, 0.1) is 12.1 Å². The number of nitrogens with one attached hydrogen (secondary N) is 1. The number of aryl methyl sites for hydroxylation is 3. The first-order valence-corrected chi connectivity index (χ1v) is 10.4. The van der Waals surface area contributed by atoms with Crippen molar-refractivity contribution in [3.8, 4) is 0 Å². The van der Waals surface area contributed by atoms with E-state index in [4.69, 9.17) is 10.8 Å². The number of aliphatic hydroxyl groups is 1. The second-order valence-electron chi connectivity index (χ2n) is 7.90. The van der Waals surface area contributed by atoms with Gasteiger partial charge in [0.1, 0.15) is 5.52 Å². The van der Waals surface area contributed by atoms with E-state index < -0.39 is 0 Å². The second kappa shape index (κ2) is 8.78. The van der Waals surface area contributed by atoms with Gasteiger partial charge < -0.3 is 16.2 Å². The fourth-order valence-corrected chi connectivity index (χ4v) is 3.86. The normalized spacial score (nSPS) is 12.5. The maximum absolute atomic E-state index is 8.96. The molecule has 30 heavy (non-hydrogen) atoms. The van der Waals surface area contributed by atoms with Crippen molar-refractivity contribution in [3.05, 3.63) is 77.0 Å². The number of aliphatic hydroxyl groups excluding tert-OH is 1. The number of fused-ring (bicyclic) bond motifs is 3. The number of hydrogen-bond acceptors (Lipinski definition) is 5. The summed E-state index contributed by atoms with van der Waals surface area (Å²) in [7, 11) is 0. The van der Waals surface area contributed by atoms with Crippen LogP contribution in [0.1, 0.15) is 35.2 Å². The number of hydrogen-bond donors (Lipinski definition) is 3. The van der Waals surface area contributed by atoms with Crippen molar-refractivity contribution in [2.24, 2.45) is 0 Å². The molecule has 0 aliphatic rings. The zero-order valence-corrected chi connectivity index (χ0v) is 17.5. The van der Waals surface area contributed by atoms with E-state index >= 15 is 0 Å². The number of pyridine rings is 2. The van der Waals surface area contributed by atoms with Crippen LogP contribution in [0.15, 0.2) is 54.7 Å². The van der Waals surface area contributed by atoms with Crippen molar-refractivity contribution < 1.29 is 5.11 Å². The van der Waals surface area contributed by atoms with Crippen LogP contribution in [-0.4, -0.2) is 28.2 Å². The van der Waals surface area contributed by atoms with Crippen LogP contribution in [0.3, 0.4) is 0 Å². The zero-order valence-electron chi connectivity index (χ0n) is 17.5. The molecule has 4 N–H and O–H groups in total. The van der Waals surface area contributed by atoms with Gasteiger partial charge in [-0.25, -0.2) is 4.98 Å². The molecular formula is C25H28N4O. The van der Waals surface area contributed by atoms with Gasteiger partial charge in [0, 0.05) is 29.6 Å². The molecule has 5 heteroatoms. The van der Waals surface area contributed by atoms with Gasteiger partial charge >= 0.3 is 0 Å². The quantitative estimate of drug-likeness (QED) is 0.407. The molecule has 1 unspecified atom stereocenters. The number of anilines is 1. The van der Waals surface area contributed by atoms with Gasteiger partial charge in [-0.15, -0.1) is 0 Å². The van der Waals surface area contributed by atoms with Crippen LogP contribution >= 0.6 is 0 Å². The molecule has 0 saturated heterocycles. The Morgan fingerprint density at radius 1 is 1.00 bits per heavy atom. The molecular weight excluding hydrogens is 372 g/mol. The fourth-order valence-electron chi connectivity index (χ4n) is 3.86. The van der Waals surface area contributed by atoms with Crippen molar-refractivity contribution in [3.63, 3.8) is 0 Å². The van der Waals surface area contributed by atoms with Crippen LogP contribution in [0.25, 0.3) is 21.8 Å². The van der Waals surface area contributed by atoms with Crippen LogP contribution in [0.2, 0.25) is 0 Å². The summed E-state index contributed by atoms with van der Waals surface area (Å²) in [4.78, 5) is 9.14. The summed E-state index contributed by atoms with van der Waals surface area (Å²) < 4.78 is 0. The SMILES string of the molecule is Cc1ccc2c(c1)nc(N)c1ncc(CCc3ccc(C(C)NCCO)cc3)cc12. The van der Waals surface area contributed by atoms with E-state index in [2.05, 4.69) is 77.7 Å². The van der Waals surface area contributed by atoms with E-state index in [1.54, 1.807) is 0 Å². The van der Waals surface area contributed by atoms with E-state index in [0.29, 0.717) is 12.4 Å². The molecule has 0 radical (unpaired) electrons. The summed E-state index contributed by atoms with van der Waals surface area (Å²) in [6.07, 6.45) is 3.77. The number of rotatable bonds is 7. The van der Waals surface area contributed by atoms with Gasteiger partial charge in [-0.1, -0.05) is 36.4 Å². The van der Waals surface area contributed by atoms with Gasteiger partial charge in [-0.2, -0.15) is 0 Å². The number of nitrogen functional groups attached to an aromatic ring is 1. The number of nitrogens with zero attached hydrogens (tertiary/aromatic N) is 2. The van der Waals surface area contributed by atoms with Crippen LogP contribution in [0, 0.1) is 6.92 Å². The van der Waals surface area contributed by atoms with Gasteiger partial charge in [-0.05, 0) is 61.1 Å². The lowest BCUT2D eigenvalue weighted by molar-refractivity contribution is 0.286. The first-order valence-electron chi connectivity index (χ1n) is 10.4. The highest BCUT2D eigenvalue weighted by atomic mass is 16.3. The monoisotopic (exact) mass is 400 g/mol. The lowest BCUT2D eigenvalue weighted by atomic mass is 10.0. The third kappa shape index (κ3) is 4.27. The summed E-state index contributed by atoms with van der Waals surface area (Å²) in [5, 5.41) is 14.4. The Labute approximate surface area is 177 Å². The standard InChI is InChI=1S/C25H28N4O/c1-16-3-10-21-22-14-19(15-28-24(22)25(26)29-23(21)13-16)5-4-18-6-8-20(9-7-18)17(2)27-11-12-30/h3,6-10,13-15,17,27,30H,4-5,11-12H2,1-2H3,(H2,26,29). The molecule has 2 aromatic heterocycles. The summed E-state index contributed by atoms with van der Waals surface area (Å²) >= 11 is 0. The number of benzene rings is 2. The van der Waals surface area contributed by atoms with Crippen molar-refractivity contribution in [2.75, 3.05) is 18.9 Å². The largest absolute Gasteiger partial charge is 0.395 e. The Balaban J connectivity index is 1.53. The average Bonchev–Trinajstić information content (AvgIpc) is 2.76. The first kappa shape index (κ1) is 20.3. The highest BCUT2D eigenvalue weighted by Gasteiger charge is 2.09. The summed E-state index contributed by atoms with van der Waals surface area (Å²) in [6, 6.07) is 17.4. The maximum Gasteiger partial charge on any atom is 0.150 e. The Morgan fingerprint density at radius 3 is 2.53 bits per heavy atom. The fraction of sp³-hybridized carbons (Fsp3) is 0.280. The van der Waals surface area contributed by atoms with E-state index in [0.717, 1.165) is 34.6 Å². The molecule has 0 saturated carbocycles. The summed E-state index contributed by atoms with van der Waals surface area (Å²) in [5.74, 6) is 0.481. The van der Waals surface area contributed by atoms with Crippen molar-refractivity contribution in [1.82, 2.24) is 15.3 Å². The molecule has 4 aromatic rings. The molecule has 0 bridgehead atoms. The Morgan fingerprint density at radius 2 is 1.77 bits per heavy atom. The third-order valence-corrected chi connectivity index (χ3v) is 5.62. The molecule has 154 valence electrons. The molecule has 2 aromatic carbocycles. The number of nitrogens with two attached hydrogens (primary N) is 1. The maximum atomic E-state index is 8.96. The lowest BCUT2D eigenvalue weighted by Crippen LogP contribution is -2.22. The molecule has 0 amide bonds. The molecule has 4 rings (SSSR count). The third-order valence-electron chi connectivity index (χ3n) is 5.62. The van der Waals surface area contributed by atoms with Gasteiger partial charge in [0.15, 0.2) is 5.82 Å². The molecule has 5 nitrogen and oxygen atoms in total. The minimum Gasteiger partial charge on any atom is -0.395 e. The molecule has 0 spiro atoms. The van der Waals surface area contributed by atoms with Gasteiger partial charge in [0.25, 0.3) is 0 Å². The van der Waals surface area contributed by atoms with Crippen LogP contribution in [0.4, 0.5) is 5.82 Å². The summed E-state index contributed by atoms with van der Waals surface area (Å²) in [6.45, 7) is 4.92. The van der Waals surface area contributed by atoms with Gasteiger partial charge in [0.2, 0.25) is 0 Å². The highest BCUT2D eigenvalue weighted by Crippen LogP contribution is 2.28. The first-order chi connectivity index (χ1) is 14.5. The predicted octanol–water partition coefficient (Wildman–Crippen LogP) is 4.10. The van der Waals surface area contributed by atoms with Crippen LogP contribution in [0.5, 0.6) is 0 Å². The molecule has 2 heterocycles. The number of aromatic nitrogens is 2. The summed E-state index contributed by atoms with van der Waals surface area (Å²) in [5.41, 5.74) is 12.7. The molecule has 0 aliphatic carbocycles. The van der Waals surface area contributed by atoms with Crippen molar-refractivity contribution in [1.29, 1.82) is 0 Å². The Kier molecular flexibility index (Phi) is 5.93. The van der Waals surface area contributed by atoms with E-state index in [9.17, 15) is 0 Å². The smallest absolute Gasteiger partial charge is 0.150 e. The topological polar surface area (TPSA) is 84.1 Å². The van der Waals surface area contributed by atoms with E-state index in [1.807, 2.05) is 6.20 Å². The second-order valence-corrected chi connectivity index (χ2v) is 7.90. The van der Waals surface area contributed by atoms with Crippen LogP contribution in [-0.2, 0) is 12.8 Å². The van der Waals surface area contributed by atoms with E-state index in [1.165, 1.54) is 22.3 Å². The van der Waals surface area contributed by atoms with Crippen LogP contribution < -0.4 is 11.1 Å². The Hall–Kier alpha value is -3.02. The highest BCUT2D eigenvalue weighted by molar-refractivity contribution is 6.08.